The van der Waals surface area contributed by atoms with Gasteiger partial charge >= 0.3 is 0 Å². The van der Waals surface area contributed by atoms with Crippen LogP contribution in [-0.2, 0) is 0 Å². The number of guanidine groups is 1. The van der Waals surface area contributed by atoms with Gasteiger partial charge in [-0.3, -0.25) is 9.89 Å². The van der Waals surface area contributed by atoms with Crippen molar-refractivity contribution in [2.45, 2.75) is 46.1 Å². The highest BCUT2D eigenvalue weighted by Crippen LogP contribution is 2.06. The second-order valence-corrected chi connectivity index (χ2v) is 6.93. The molecule has 5 nitrogen and oxygen atoms in total. The molecule has 22 heavy (non-hydrogen) atoms. The van der Waals surface area contributed by atoms with Gasteiger partial charge in [-0.2, -0.15) is 0 Å². The molecule has 0 aromatic heterocycles. The molecule has 1 rings (SSSR count). The minimum Gasteiger partial charge on any atom is -0.357 e. The quantitative estimate of drug-likeness (QED) is 0.406. The van der Waals surface area contributed by atoms with Gasteiger partial charge in [-0.25, -0.2) is 0 Å². The molecule has 0 spiro atoms. The molecular formula is C17H37N5. The highest BCUT2D eigenvalue weighted by molar-refractivity contribution is 5.79. The van der Waals surface area contributed by atoms with E-state index < -0.39 is 0 Å². The van der Waals surface area contributed by atoms with E-state index in [2.05, 4.69) is 55.3 Å². The lowest BCUT2D eigenvalue weighted by Gasteiger charge is -2.36. The fraction of sp³-hybridized carbons (Fsp3) is 0.941. The van der Waals surface area contributed by atoms with Crippen LogP contribution in [0.25, 0.3) is 0 Å². The molecule has 0 aromatic rings. The third kappa shape index (κ3) is 7.99. The Bertz CT molecular complexity index is 316. The van der Waals surface area contributed by atoms with Gasteiger partial charge in [0.25, 0.3) is 0 Å². The third-order valence-corrected chi connectivity index (χ3v) is 4.29. The van der Waals surface area contributed by atoms with Crippen LogP contribution in [0, 0.1) is 5.92 Å². The van der Waals surface area contributed by atoms with Crippen LogP contribution in [0.4, 0.5) is 0 Å². The molecule has 1 aliphatic heterocycles. The number of likely N-dealkylation sites (N-methyl/N-ethyl adjacent to an activating group) is 2. The minimum absolute atomic E-state index is 0.523. The highest BCUT2D eigenvalue weighted by Gasteiger charge is 2.21. The van der Waals surface area contributed by atoms with E-state index in [9.17, 15) is 0 Å². The van der Waals surface area contributed by atoms with E-state index >= 15 is 0 Å². The lowest BCUT2D eigenvalue weighted by Crippen LogP contribution is -2.51. The third-order valence-electron chi connectivity index (χ3n) is 4.29. The number of unbranched alkanes of at least 4 members (excludes halogenated alkanes) is 1. The molecule has 1 saturated heterocycles. The number of piperazine rings is 1. The van der Waals surface area contributed by atoms with Gasteiger partial charge in [-0.1, -0.05) is 26.7 Å². The van der Waals surface area contributed by atoms with Crippen LogP contribution in [-0.4, -0.2) is 75.2 Å². The van der Waals surface area contributed by atoms with Crippen molar-refractivity contribution >= 4 is 5.96 Å². The number of nitrogens with zero attached hydrogens (tertiary/aromatic N) is 3. The Kier molecular flexibility index (Phi) is 9.48. The summed E-state index contributed by atoms with van der Waals surface area (Å²) in [5, 5.41) is 6.82. The summed E-state index contributed by atoms with van der Waals surface area (Å²) in [5.74, 6) is 1.77. The summed E-state index contributed by atoms with van der Waals surface area (Å²) in [5.41, 5.74) is 0. The Morgan fingerprint density at radius 2 is 1.95 bits per heavy atom. The van der Waals surface area contributed by atoms with Crippen molar-refractivity contribution < 1.29 is 0 Å². The number of rotatable bonds is 8. The molecule has 0 saturated carbocycles. The van der Waals surface area contributed by atoms with Gasteiger partial charge in [-0.15, -0.1) is 0 Å². The largest absolute Gasteiger partial charge is 0.357 e. The molecule has 0 bridgehead atoms. The molecule has 5 heteroatoms. The second-order valence-electron chi connectivity index (χ2n) is 6.93. The number of nitrogens with one attached hydrogen (secondary N) is 2. The SMILES string of the molecule is CCNC(=NCC1CN(C)CCN1C)NCCCCC(C)C. The van der Waals surface area contributed by atoms with E-state index in [1.54, 1.807) is 0 Å². The molecule has 2 N–H and O–H groups in total. The Morgan fingerprint density at radius 1 is 1.18 bits per heavy atom. The maximum atomic E-state index is 4.78. The van der Waals surface area contributed by atoms with E-state index in [4.69, 9.17) is 4.99 Å². The van der Waals surface area contributed by atoms with Crippen molar-refractivity contribution in [2.75, 3.05) is 53.4 Å². The summed E-state index contributed by atoms with van der Waals surface area (Å²) >= 11 is 0. The molecule has 1 unspecified atom stereocenters. The monoisotopic (exact) mass is 311 g/mol. The van der Waals surface area contributed by atoms with Crippen molar-refractivity contribution in [1.82, 2.24) is 20.4 Å². The Labute approximate surface area is 137 Å². The van der Waals surface area contributed by atoms with Gasteiger partial charge in [0.1, 0.15) is 0 Å². The summed E-state index contributed by atoms with van der Waals surface area (Å²) in [6.07, 6.45) is 3.82. The van der Waals surface area contributed by atoms with E-state index in [-0.39, 0.29) is 0 Å². The van der Waals surface area contributed by atoms with Crippen molar-refractivity contribution in [3.8, 4) is 0 Å². The Hall–Kier alpha value is -0.810. The first-order valence-electron chi connectivity index (χ1n) is 8.93. The summed E-state index contributed by atoms with van der Waals surface area (Å²) in [4.78, 5) is 9.60. The van der Waals surface area contributed by atoms with Crippen LogP contribution >= 0.6 is 0 Å². The predicted octanol–water partition coefficient (Wildman–Crippen LogP) is 1.61. The molecule has 130 valence electrons. The van der Waals surface area contributed by atoms with Crippen molar-refractivity contribution in [3.05, 3.63) is 0 Å². The van der Waals surface area contributed by atoms with Gasteiger partial charge in [0, 0.05) is 38.8 Å². The van der Waals surface area contributed by atoms with Gasteiger partial charge < -0.3 is 15.5 Å². The van der Waals surface area contributed by atoms with Crippen LogP contribution in [0.3, 0.4) is 0 Å². The Balaban J connectivity index is 2.34. The zero-order valence-electron chi connectivity index (χ0n) is 15.4. The number of aliphatic imine (C=N–C) groups is 1. The summed E-state index contributed by atoms with van der Waals surface area (Å²) in [6, 6.07) is 0.523. The van der Waals surface area contributed by atoms with E-state index in [1.165, 1.54) is 19.3 Å². The topological polar surface area (TPSA) is 42.9 Å². The second kappa shape index (κ2) is 10.8. The van der Waals surface area contributed by atoms with Gasteiger partial charge in [0.2, 0.25) is 0 Å². The van der Waals surface area contributed by atoms with Crippen LogP contribution < -0.4 is 10.6 Å². The van der Waals surface area contributed by atoms with E-state index in [0.717, 1.165) is 51.1 Å². The van der Waals surface area contributed by atoms with E-state index in [1.807, 2.05) is 0 Å². The molecule has 0 aliphatic carbocycles. The number of hydrogen-bond donors (Lipinski definition) is 2. The standard InChI is InChI=1S/C17H37N5/c1-6-18-17(19-10-8-7-9-15(2)3)20-13-16-14-21(4)11-12-22(16)5/h15-16H,6-14H2,1-5H3,(H2,18,19,20). The average molecular weight is 312 g/mol. The molecule has 1 atom stereocenters. The van der Waals surface area contributed by atoms with Crippen molar-refractivity contribution in [1.29, 1.82) is 0 Å². The average Bonchev–Trinajstić information content (AvgIpc) is 2.47. The zero-order valence-corrected chi connectivity index (χ0v) is 15.4. The molecule has 1 fully saturated rings. The lowest BCUT2D eigenvalue weighted by molar-refractivity contribution is 0.119. The summed E-state index contributed by atoms with van der Waals surface area (Å²) in [6.45, 7) is 12.9. The van der Waals surface area contributed by atoms with Gasteiger partial charge in [-0.05, 0) is 33.4 Å². The van der Waals surface area contributed by atoms with E-state index in [0.29, 0.717) is 6.04 Å². The molecular weight excluding hydrogens is 274 g/mol. The first kappa shape index (κ1) is 19.2. The molecule has 1 aliphatic rings. The minimum atomic E-state index is 0.523. The normalized spacial score (nSPS) is 21.4. The fourth-order valence-corrected chi connectivity index (χ4v) is 2.72. The zero-order chi connectivity index (χ0) is 16.4. The first-order chi connectivity index (χ1) is 10.5. The highest BCUT2D eigenvalue weighted by atomic mass is 15.3. The van der Waals surface area contributed by atoms with Crippen LogP contribution in [0.5, 0.6) is 0 Å². The number of hydrogen-bond acceptors (Lipinski definition) is 3. The lowest BCUT2D eigenvalue weighted by atomic mass is 10.1. The van der Waals surface area contributed by atoms with Crippen LogP contribution in [0.2, 0.25) is 0 Å². The first-order valence-corrected chi connectivity index (χ1v) is 8.93. The molecule has 0 radical (unpaired) electrons. The maximum Gasteiger partial charge on any atom is 0.191 e. The van der Waals surface area contributed by atoms with Crippen molar-refractivity contribution in [3.63, 3.8) is 0 Å². The maximum absolute atomic E-state index is 4.78. The molecule has 0 amide bonds. The van der Waals surface area contributed by atoms with Crippen LogP contribution in [0.15, 0.2) is 4.99 Å². The summed E-state index contributed by atoms with van der Waals surface area (Å²) in [7, 11) is 4.40. The Morgan fingerprint density at radius 3 is 2.64 bits per heavy atom. The fourth-order valence-electron chi connectivity index (χ4n) is 2.72. The van der Waals surface area contributed by atoms with Gasteiger partial charge in [0.15, 0.2) is 5.96 Å². The smallest absolute Gasteiger partial charge is 0.191 e. The van der Waals surface area contributed by atoms with Crippen molar-refractivity contribution in [2.24, 2.45) is 10.9 Å². The molecule has 0 aromatic carbocycles. The summed E-state index contributed by atoms with van der Waals surface area (Å²) < 4.78 is 0. The van der Waals surface area contributed by atoms with Gasteiger partial charge in [0.05, 0.1) is 6.54 Å². The predicted molar refractivity (Wildman–Crippen MR) is 96.6 cm³/mol. The molecule has 1 heterocycles. The van der Waals surface area contributed by atoms with Crippen LogP contribution in [0.1, 0.15) is 40.0 Å².